The number of hydrogen-bond acceptors (Lipinski definition) is 3. The minimum atomic E-state index is -0.204. The molecule has 0 radical (unpaired) electrons. The van der Waals surface area contributed by atoms with Gasteiger partial charge >= 0.3 is 0 Å². The third-order valence-electron chi connectivity index (χ3n) is 2.98. The van der Waals surface area contributed by atoms with E-state index in [9.17, 15) is 4.79 Å². The highest BCUT2D eigenvalue weighted by atomic mass is 16.5. The number of carbonyl (C=O) groups is 1. The van der Waals surface area contributed by atoms with Crippen molar-refractivity contribution in [2.24, 2.45) is 0 Å². The van der Waals surface area contributed by atoms with E-state index in [0.29, 0.717) is 12.2 Å². The molecule has 3 heteroatoms. The summed E-state index contributed by atoms with van der Waals surface area (Å²) < 4.78 is 10.4. The Balaban J connectivity index is 2.01. The minimum Gasteiger partial charge on any atom is -0.461 e. The molecule has 14 heavy (non-hydrogen) atoms. The van der Waals surface area contributed by atoms with E-state index in [1.165, 1.54) is 6.26 Å². The molecule has 1 aromatic heterocycles. The molecule has 1 heterocycles. The molecule has 0 aromatic carbocycles. The summed E-state index contributed by atoms with van der Waals surface area (Å²) in [4.78, 5) is 11.7. The molecule has 0 bridgehead atoms. The quantitative estimate of drug-likeness (QED) is 0.691. The Morgan fingerprint density at radius 2 is 2.43 bits per heavy atom. The van der Waals surface area contributed by atoms with Crippen LogP contribution in [-0.4, -0.2) is 18.5 Å². The highest BCUT2D eigenvalue weighted by Crippen LogP contribution is 2.38. The molecule has 0 unspecified atom stereocenters. The van der Waals surface area contributed by atoms with Crippen molar-refractivity contribution in [1.29, 1.82) is 0 Å². The highest BCUT2D eigenvalue weighted by molar-refractivity contribution is 5.94. The molecule has 0 amide bonds. The molecule has 1 saturated carbocycles. The zero-order chi connectivity index (χ0) is 10.0. The Labute approximate surface area is 83.0 Å². The summed E-state index contributed by atoms with van der Waals surface area (Å²) in [7, 11) is 1.68. The number of hydrogen-bond donors (Lipinski definition) is 0. The smallest absolute Gasteiger partial charge is 0.200 e. The van der Waals surface area contributed by atoms with Gasteiger partial charge in [0, 0.05) is 13.5 Å². The van der Waals surface area contributed by atoms with E-state index in [2.05, 4.69) is 0 Å². The van der Waals surface area contributed by atoms with E-state index >= 15 is 0 Å². The molecule has 3 nitrogen and oxygen atoms in total. The second kappa shape index (κ2) is 3.58. The molecule has 1 fully saturated rings. The van der Waals surface area contributed by atoms with Gasteiger partial charge in [-0.15, -0.1) is 0 Å². The van der Waals surface area contributed by atoms with Gasteiger partial charge in [0.25, 0.3) is 0 Å². The fourth-order valence-electron chi connectivity index (χ4n) is 1.84. The monoisotopic (exact) mass is 194 g/mol. The Bertz CT molecular complexity index is 304. The van der Waals surface area contributed by atoms with Crippen LogP contribution in [0.4, 0.5) is 0 Å². The number of ether oxygens (including phenoxy) is 1. The van der Waals surface area contributed by atoms with Crippen LogP contribution in [0.25, 0.3) is 0 Å². The van der Waals surface area contributed by atoms with Gasteiger partial charge in [0.15, 0.2) is 5.76 Å². The van der Waals surface area contributed by atoms with Gasteiger partial charge in [0.05, 0.1) is 11.9 Å². The average Bonchev–Trinajstić information content (AvgIpc) is 2.63. The molecular formula is C11H14O3. The van der Waals surface area contributed by atoms with Crippen LogP contribution in [-0.2, 0) is 4.74 Å². The van der Waals surface area contributed by atoms with Crippen LogP contribution in [0.2, 0.25) is 0 Å². The lowest BCUT2D eigenvalue weighted by Crippen LogP contribution is -2.41. The molecule has 1 aliphatic rings. The molecule has 0 spiro atoms. The van der Waals surface area contributed by atoms with Gasteiger partial charge in [-0.05, 0) is 31.4 Å². The van der Waals surface area contributed by atoms with Gasteiger partial charge in [0.1, 0.15) is 0 Å². The second-order valence-electron chi connectivity index (χ2n) is 3.82. The van der Waals surface area contributed by atoms with E-state index in [0.717, 1.165) is 19.3 Å². The largest absolute Gasteiger partial charge is 0.461 e. The summed E-state index contributed by atoms with van der Waals surface area (Å²) in [5.41, 5.74) is -0.204. The minimum absolute atomic E-state index is 0.0385. The lowest BCUT2D eigenvalue weighted by molar-refractivity contribution is -0.0708. The number of ketones is 1. The first-order chi connectivity index (χ1) is 6.76. The van der Waals surface area contributed by atoms with Gasteiger partial charge < -0.3 is 9.15 Å². The van der Waals surface area contributed by atoms with Gasteiger partial charge in [-0.1, -0.05) is 0 Å². The van der Waals surface area contributed by atoms with Crippen molar-refractivity contribution in [2.45, 2.75) is 31.3 Å². The fraction of sp³-hybridized carbons (Fsp3) is 0.545. The first kappa shape index (κ1) is 9.46. The predicted octanol–water partition coefficient (Wildman–Crippen LogP) is 2.42. The van der Waals surface area contributed by atoms with E-state index in [-0.39, 0.29) is 11.4 Å². The van der Waals surface area contributed by atoms with Crippen LogP contribution in [0.3, 0.4) is 0 Å². The third kappa shape index (κ3) is 1.60. The number of rotatable bonds is 4. The lowest BCUT2D eigenvalue weighted by Gasteiger charge is -2.39. The van der Waals surface area contributed by atoms with E-state index in [1.807, 2.05) is 0 Å². The normalized spacial score (nSPS) is 18.9. The number of furan rings is 1. The van der Waals surface area contributed by atoms with Gasteiger partial charge in [-0.25, -0.2) is 0 Å². The molecule has 0 saturated heterocycles. The van der Waals surface area contributed by atoms with Crippen LogP contribution in [0.15, 0.2) is 22.8 Å². The summed E-state index contributed by atoms with van der Waals surface area (Å²) in [6, 6.07) is 3.43. The summed E-state index contributed by atoms with van der Waals surface area (Å²) in [5.74, 6) is 0.477. The van der Waals surface area contributed by atoms with Crippen molar-refractivity contribution < 1.29 is 13.9 Å². The second-order valence-corrected chi connectivity index (χ2v) is 3.82. The van der Waals surface area contributed by atoms with E-state index in [4.69, 9.17) is 9.15 Å². The Morgan fingerprint density at radius 1 is 1.64 bits per heavy atom. The molecule has 0 N–H and O–H groups in total. The lowest BCUT2D eigenvalue weighted by atomic mass is 9.76. The molecule has 1 aliphatic carbocycles. The molecule has 76 valence electrons. The van der Waals surface area contributed by atoms with Crippen LogP contribution in [0.5, 0.6) is 0 Å². The van der Waals surface area contributed by atoms with Crippen LogP contribution in [0.1, 0.15) is 36.2 Å². The van der Waals surface area contributed by atoms with Gasteiger partial charge in [-0.3, -0.25) is 4.79 Å². The standard InChI is InChI=1S/C11H14O3/c1-13-11(5-3-6-11)8-9(12)10-4-2-7-14-10/h2,4,7H,3,5-6,8H2,1H3. The van der Waals surface area contributed by atoms with E-state index in [1.54, 1.807) is 19.2 Å². The van der Waals surface area contributed by atoms with Crippen molar-refractivity contribution in [1.82, 2.24) is 0 Å². The Kier molecular flexibility index (Phi) is 2.42. The topological polar surface area (TPSA) is 39.4 Å². The highest BCUT2D eigenvalue weighted by Gasteiger charge is 2.39. The summed E-state index contributed by atoms with van der Waals surface area (Å²) >= 11 is 0. The Hall–Kier alpha value is -1.09. The number of carbonyl (C=O) groups excluding carboxylic acids is 1. The molecule has 0 atom stereocenters. The molecule has 1 aromatic rings. The summed E-state index contributed by atoms with van der Waals surface area (Å²) in [5, 5.41) is 0. The average molecular weight is 194 g/mol. The van der Waals surface area contributed by atoms with Crippen LogP contribution >= 0.6 is 0 Å². The van der Waals surface area contributed by atoms with Crippen molar-refractivity contribution in [3.63, 3.8) is 0 Å². The third-order valence-corrected chi connectivity index (χ3v) is 2.98. The fourth-order valence-corrected chi connectivity index (χ4v) is 1.84. The van der Waals surface area contributed by atoms with Crippen molar-refractivity contribution >= 4 is 5.78 Å². The van der Waals surface area contributed by atoms with Gasteiger partial charge in [0.2, 0.25) is 5.78 Å². The van der Waals surface area contributed by atoms with Crippen molar-refractivity contribution in [3.8, 4) is 0 Å². The summed E-state index contributed by atoms with van der Waals surface area (Å²) in [6.07, 6.45) is 5.08. The SMILES string of the molecule is COC1(CC(=O)c2ccco2)CCC1. The maximum Gasteiger partial charge on any atom is 0.200 e. The zero-order valence-corrected chi connectivity index (χ0v) is 8.29. The number of methoxy groups -OCH3 is 1. The Morgan fingerprint density at radius 3 is 2.86 bits per heavy atom. The molecular weight excluding hydrogens is 180 g/mol. The van der Waals surface area contributed by atoms with Crippen molar-refractivity contribution in [3.05, 3.63) is 24.2 Å². The maximum absolute atomic E-state index is 11.7. The molecule has 0 aliphatic heterocycles. The van der Waals surface area contributed by atoms with Crippen molar-refractivity contribution in [2.75, 3.05) is 7.11 Å². The first-order valence-electron chi connectivity index (χ1n) is 4.88. The van der Waals surface area contributed by atoms with Crippen LogP contribution in [0, 0.1) is 0 Å². The van der Waals surface area contributed by atoms with E-state index < -0.39 is 0 Å². The predicted molar refractivity (Wildman–Crippen MR) is 51.2 cm³/mol. The number of Topliss-reactive ketones (excluding diaryl/α,β-unsaturated/α-hetero) is 1. The maximum atomic E-state index is 11.7. The van der Waals surface area contributed by atoms with Gasteiger partial charge in [-0.2, -0.15) is 0 Å². The first-order valence-corrected chi connectivity index (χ1v) is 4.88. The zero-order valence-electron chi connectivity index (χ0n) is 8.29. The van der Waals surface area contributed by atoms with Crippen LogP contribution < -0.4 is 0 Å². The summed E-state index contributed by atoms with van der Waals surface area (Å²) in [6.45, 7) is 0. The molecule has 2 rings (SSSR count).